The van der Waals surface area contributed by atoms with Gasteiger partial charge in [0.2, 0.25) is 0 Å². The van der Waals surface area contributed by atoms with E-state index in [-0.39, 0.29) is 0 Å². The molecule has 0 atom stereocenters. The summed E-state index contributed by atoms with van der Waals surface area (Å²) >= 11 is 0. The lowest BCUT2D eigenvalue weighted by atomic mass is 10.2. The predicted octanol–water partition coefficient (Wildman–Crippen LogP) is 3.80. The molecule has 0 heterocycles. The Morgan fingerprint density at radius 1 is 0.812 bits per heavy atom. The molecule has 2 rings (SSSR count). The topological polar surface area (TPSA) is 17.1 Å². The molecule has 0 saturated carbocycles. The molecule has 2 aromatic carbocycles. The van der Waals surface area contributed by atoms with Crippen molar-refractivity contribution in [1.82, 2.24) is 0 Å². The van der Waals surface area contributed by atoms with E-state index in [1.807, 2.05) is 18.2 Å². The molecule has 0 aliphatic rings. The molecule has 0 fully saturated rings. The van der Waals surface area contributed by atoms with Crippen LogP contribution in [0.1, 0.15) is 21.5 Å². The molecule has 0 unspecified atom stereocenters. The molecule has 0 amide bonds. The summed E-state index contributed by atoms with van der Waals surface area (Å²) in [5.74, 6) is 0. The van der Waals surface area contributed by atoms with Crippen molar-refractivity contribution in [2.45, 2.75) is 13.8 Å². The summed E-state index contributed by atoms with van der Waals surface area (Å²) in [4.78, 5) is 10.0. The summed E-state index contributed by atoms with van der Waals surface area (Å²) in [6.07, 6.45) is 0.833. The highest BCUT2D eigenvalue weighted by Crippen LogP contribution is 2.00. The molecule has 1 nitrogen and oxygen atoms in total. The Labute approximate surface area is 96.8 Å². The summed E-state index contributed by atoms with van der Waals surface area (Å²) in [5.41, 5.74) is 3.41. The van der Waals surface area contributed by atoms with Gasteiger partial charge in [0.1, 0.15) is 6.29 Å². The van der Waals surface area contributed by atoms with E-state index in [0.29, 0.717) is 0 Å². The number of benzene rings is 2. The smallest absolute Gasteiger partial charge is 0.150 e. The minimum atomic E-state index is 0.729. The van der Waals surface area contributed by atoms with Crippen LogP contribution in [0.25, 0.3) is 0 Å². The van der Waals surface area contributed by atoms with Crippen molar-refractivity contribution >= 4 is 6.29 Å². The number of carbonyl (C=O) groups is 1. The van der Waals surface area contributed by atoms with Gasteiger partial charge >= 0.3 is 0 Å². The van der Waals surface area contributed by atoms with Crippen molar-refractivity contribution in [3.8, 4) is 0 Å². The molecular formula is C15H16O. The van der Waals surface area contributed by atoms with Gasteiger partial charge in [-0.15, -0.1) is 0 Å². The Morgan fingerprint density at radius 3 is 1.69 bits per heavy atom. The van der Waals surface area contributed by atoms with Crippen LogP contribution in [0, 0.1) is 13.8 Å². The number of aryl methyl sites for hydroxylation is 2. The van der Waals surface area contributed by atoms with Crippen LogP contribution in [-0.4, -0.2) is 6.29 Å². The lowest BCUT2D eigenvalue weighted by Crippen LogP contribution is -1.73. The van der Waals surface area contributed by atoms with Crippen molar-refractivity contribution in [3.05, 3.63) is 71.3 Å². The molecule has 82 valence electrons. The van der Waals surface area contributed by atoms with Gasteiger partial charge in [-0.2, -0.15) is 0 Å². The lowest BCUT2D eigenvalue weighted by molar-refractivity contribution is 0.112. The van der Waals surface area contributed by atoms with Crippen LogP contribution >= 0.6 is 0 Å². The van der Waals surface area contributed by atoms with E-state index in [9.17, 15) is 4.79 Å². The lowest BCUT2D eigenvalue weighted by Gasteiger charge is -1.90. The summed E-state index contributed by atoms with van der Waals surface area (Å²) in [6, 6.07) is 17.5. The Bertz CT molecular complexity index is 415. The number of aldehydes is 1. The number of rotatable bonds is 1. The maximum absolute atomic E-state index is 10.0. The fourth-order valence-electron chi connectivity index (χ4n) is 1.34. The molecule has 2 aromatic rings. The summed E-state index contributed by atoms with van der Waals surface area (Å²) in [5, 5.41) is 0. The average molecular weight is 212 g/mol. The van der Waals surface area contributed by atoms with Gasteiger partial charge in [0.25, 0.3) is 0 Å². The summed E-state index contributed by atoms with van der Waals surface area (Å²) in [7, 11) is 0. The maximum atomic E-state index is 10.0. The van der Waals surface area contributed by atoms with Crippen molar-refractivity contribution in [3.63, 3.8) is 0 Å². The summed E-state index contributed by atoms with van der Waals surface area (Å²) in [6.45, 7) is 4.21. The van der Waals surface area contributed by atoms with Crippen LogP contribution in [0.3, 0.4) is 0 Å². The average Bonchev–Trinajstić information content (AvgIpc) is 2.31. The Hall–Kier alpha value is -1.89. The van der Waals surface area contributed by atoms with Gasteiger partial charge in [0.15, 0.2) is 0 Å². The third-order valence-corrected chi connectivity index (χ3v) is 2.11. The fourth-order valence-corrected chi connectivity index (χ4v) is 1.34. The van der Waals surface area contributed by atoms with Gasteiger partial charge in [-0.3, -0.25) is 4.79 Å². The van der Waals surface area contributed by atoms with E-state index in [2.05, 4.69) is 38.1 Å². The van der Waals surface area contributed by atoms with E-state index >= 15 is 0 Å². The Balaban J connectivity index is 0.000000160. The predicted molar refractivity (Wildman–Crippen MR) is 67.7 cm³/mol. The molecular weight excluding hydrogens is 196 g/mol. The van der Waals surface area contributed by atoms with Crippen LogP contribution in [0.15, 0.2) is 54.6 Å². The molecule has 0 bridgehead atoms. The van der Waals surface area contributed by atoms with Crippen molar-refractivity contribution < 1.29 is 4.79 Å². The van der Waals surface area contributed by atoms with E-state index < -0.39 is 0 Å². The third-order valence-electron chi connectivity index (χ3n) is 2.11. The first kappa shape index (κ1) is 12.2. The normalized spacial score (nSPS) is 8.88. The highest BCUT2D eigenvalue weighted by atomic mass is 16.1. The van der Waals surface area contributed by atoms with Crippen LogP contribution in [0.4, 0.5) is 0 Å². The van der Waals surface area contributed by atoms with Crippen LogP contribution in [-0.2, 0) is 0 Å². The molecule has 16 heavy (non-hydrogen) atoms. The Morgan fingerprint density at radius 2 is 1.38 bits per heavy atom. The molecule has 0 spiro atoms. The number of carbonyl (C=O) groups excluding carboxylic acids is 1. The highest BCUT2D eigenvalue weighted by molar-refractivity contribution is 5.74. The molecule has 0 aliphatic carbocycles. The Kier molecular flexibility index (Phi) is 5.00. The minimum absolute atomic E-state index is 0.729. The van der Waals surface area contributed by atoms with Gasteiger partial charge in [-0.1, -0.05) is 65.7 Å². The maximum Gasteiger partial charge on any atom is 0.150 e. The molecule has 0 N–H and O–H groups in total. The second-order valence-corrected chi connectivity index (χ2v) is 3.69. The zero-order valence-electron chi connectivity index (χ0n) is 9.68. The molecule has 1 heteroatoms. The van der Waals surface area contributed by atoms with Crippen molar-refractivity contribution in [1.29, 1.82) is 0 Å². The molecule has 0 saturated heterocycles. The van der Waals surface area contributed by atoms with Crippen LogP contribution in [0.2, 0.25) is 0 Å². The van der Waals surface area contributed by atoms with Gasteiger partial charge in [0, 0.05) is 5.56 Å². The second kappa shape index (κ2) is 6.57. The summed E-state index contributed by atoms with van der Waals surface area (Å²) < 4.78 is 0. The number of hydrogen-bond donors (Lipinski definition) is 0. The molecule has 0 aromatic heterocycles. The van der Waals surface area contributed by atoms with Gasteiger partial charge in [-0.05, 0) is 13.8 Å². The van der Waals surface area contributed by atoms with E-state index in [0.717, 1.165) is 11.8 Å². The third kappa shape index (κ3) is 4.56. The second-order valence-electron chi connectivity index (χ2n) is 3.69. The van der Waals surface area contributed by atoms with E-state index in [1.54, 1.807) is 12.1 Å². The minimum Gasteiger partial charge on any atom is -0.298 e. The molecule has 0 aliphatic heterocycles. The van der Waals surface area contributed by atoms with Crippen molar-refractivity contribution in [2.24, 2.45) is 0 Å². The van der Waals surface area contributed by atoms with Gasteiger partial charge in [0.05, 0.1) is 0 Å². The first-order chi connectivity index (χ1) is 7.72. The largest absolute Gasteiger partial charge is 0.298 e. The molecule has 0 radical (unpaired) electrons. The van der Waals surface area contributed by atoms with Crippen molar-refractivity contribution in [2.75, 3.05) is 0 Å². The first-order valence-electron chi connectivity index (χ1n) is 5.26. The highest BCUT2D eigenvalue weighted by Gasteiger charge is 1.81. The zero-order valence-corrected chi connectivity index (χ0v) is 9.68. The van der Waals surface area contributed by atoms with E-state index in [4.69, 9.17) is 0 Å². The number of hydrogen-bond acceptors (Lipinski definition) is 1. The first-order valence-corrected chi connectivity index (χ1v) is 5.26. The standard InChI is InChI=1S/C8H10.C7H6O/c1-7-4-3-5-8(2)6-7;8-6-7-4-2-1-3-5-7/h3-6H,1-2H3;1-6H. The SMILES string of the molecule is Cc1cccc(C)c1.O=Cc1ccccc1. The monoisotopic (exact) mass is 212 g/mol. The van der Waals surface area contributed by atoms with E-state index in [1.165, 1.54) is 11.1 Å². The van der Waals surface area contributed by atoms with Gasteiger partial charge in [-0.25, -0.2) is 0 Å². The fraction of sp³-hybridized carbons (Fsp3) is 0.133. The quantitative estimate of drug-likeness (QED) is 0.657. The van der Waals surface area contributed by atoms with Gasteiger partial charge < -0.3 is 0 Å². The zero-order chi connectivity index (χ0) is 11.8. The van der Waals surface area contributed by atoms with Crippen LogP contribution in [0.5, 0.6) is 0 Å². The van der Waals surface area contributed by atoms with Crippen LogP contribution < -0.4 is 0 Å².